The van der Waals surface area contributed by atoms with Gasteiger partial charge in [-0.1, -0.05) is 24.6 Å². The number of hydrogen-bond donors (Lipinski definition) is 1. The minimum Gasteiger partial charge on any atom is -0.480 e. The predicted octanol–water partition coefficient (Wildman–Crippen LogP) is 2.06. The average molecular weight is 262 g/mol. The molecule has 0 bridgehead atoms. The first-order chi connectivity index (χ1) is 9.25. The third-order valence-electron chi connectivity index (χ3n) is 3.58. The summed E-state index contributed by atoms with van der Waals surface area (Å²) in [4.78, 5) is 15.4. The summed E-state index contributed by atoms with van der Waals surface area (Å²) in [6, 6.07) is 9.79. The van der Waals surface area contributed by atoms with Crippen LogP contribution in [0.5, 0.6) is 0 Å². The molecule has 104 valence electrons. The van der Waals surface area contributed by atoms with E-state index in [2.05, 4.69) is 4.90 Å². The molecule has 0 aromatic heterocycles. The Bertz CT molecular complexity index is 388. The van der Waals surface area contributed by atoms with E-state index in [0.717, 1.165) is 31.9 Å². The molecular weight excluding hydrogens is 240 g/mol. The standard InChI is InChI=1S/C15H22N2O2/c18-15(19)13-17(14-7-3-1-4-8-14)12-11-16-9-5-2-6-10-16/h1,3-4,7-8H,2,5-6,9-13H2,(H,18,19). The van der Waals surface area contributed by atoms with Crippen molar-refractivity contribution >= 4 is 11.7 Å². The minimum absolute atomic E-state index is 0.0673. The Labute approximate surface area is 114 Å². The van der Waals surface area contributed by atoms with Crippen LogP contribution in [-0.2, 0) is 4.79 Å². The van der Waals surface area contributed by atoms with E-state index >= 15 is 0 Å². The van der Waals surface area contributed by atoms with Crippen LogP contribution in [0.2, 0.25) is 0 Å². The summed E-state index contributed by atoms with van der Waals surface area (Å²) in [5.41, 5.74) is 0.988. The van der Waals surface area contributed by atoms with E-state index in [4.69, 9.17) is 5.11 Å². The third kappa shape index (κ3) is 4.56. The summed E-state index contributed by atoms with van der Waals surface area (Å²) in [7, 11) is 0. The van der Waals surface area contributed by atoms with Crippen LogP contribution in [0, 0.1) is 0 Å². The molecule has 0 atom stereocenters. The second-order valence-corrected chi connectivity index (χ2v) is 5.05. The number of likely N-dealkylation sites (tertiary alicyclic amines) is 1. The van der Waals surface area contributed by atoms with Crippen molar-refractivity contribution in [1.82, 2.24) is 4.90 Å². The van der Waals surface area contributed by atoms with Gasteiger partial charge in [-0.3, -0.25) is 4.79 Å². The topological polar surface area (TPSA) is 43.8 Å². The first-order valence-electron chi connectivity index (χ1n) is 7.00. The van der Waals surface area contributed by atoms with Gasteiger partial charge in [-0.15, -0.1) is 0 Å². The number of para-hydroxylation sites is 1. The number of carboxylic acid groups (broad SMARTS) is 1. The van der Waals surface area contributed by atoms with Gasteiger partial charge < -0.3 is 14.9 Å². The molecule has 1 aromatic rings. The fourth-order valence-corrected chi connectivity index (χ4v) is 2.55. The van der Waals surface area contributed by atoms with Gasteiger partial charge in [-0.05, 0) is 38.1 Å². The van der Waals surface area contributed by atoms with Crippen molar-refractivity contribution in [3.63, 3.8) is 0 Å². The Morgan fingerprint density at radius 3 is 2.47 bits per heavy atom. The fraction of sp³-hybridized carbons (Fsp3) is 0.533. The van der Waals surface area contributed by atoms with E-state index in [1.807, 2.05) is 35.2 Å². The Morgan fingerprint density at radius 1 is 1.16 bits per heavy atom. The quantitative estimate of drug-likeness (QED) is 0.852. The number of benzene rings is 1. The lowest BCUT2D eigenvalue weighted by Crippen LogP contribution is -2.39. The highest BCUT2D eigenvalue weighted by molar-refractivity contribution is 5.73. The van der Waals surface area contributed by atoms with Gasteiger partial charge in [0.05, 0.1) is 0 Å². The lowest BCUT2D eigenvalue weighted by atomic mass is 10.1. The largest absolute Gasteiger partial charge is 0.480 e. The summed E-state index contributed by atoms with van der Waals surface area (Å²) in [6.07, 6.45) is 3.86. The molecule has 4 nitrogen and oxygen atoms in total. The van der Waals surface area contributed by atoms with Gasteiger partial charge in [0.2, 0.25) is 0 Å². The molecule has 0 amide bonds. The van der Waals surface area contributed by atoms with Gasteiger partial charge in [0.15, 0.2) is 0 Å². The molecule has 1 aromatic carbocycles. The van der Waals surface area contributed by atoms with Crippen molar-refractivity contribution < 1.29 is 9.90 Å². The second-order valence-electron chi connectivity index (χ2n) is 5.05. The maximum absolute atomic E-state index is 11.0. The lowest BCUT2D eigenvalue weighted by Gasteiger charge is -2.30. The van der Waals surface area contributed by atoms with Crippen LogP contribution in [0.15, 0.2) is 30.3 Å². The van der Waals surface area contributed by atoms with Crippen molar-refractivity contribution in [2.45, 2.75) is 19.3 Å². The first kappa shape index (κ1) is 13.9. The Morgan fingerprint density at radius 2 is 1.84 bits per heavy atom. The Balaban J connectivity index is 1.92. The highest BCUT2D eigenvalue weighted by Gasteiger charge is 2.14. The van der Waals surface area contributed by atoms with Crippen LogP contribution in [0.4, 0.5) is 5.69 Å². The number of aliphatic carboxylic acids is 1. The third-order valence-corrected chi connectivity index (χ3v) is 3.58. The minimum atomic E-state index is -0.775. The Hall–Kier alpha value is -1.55. The molecule has 1 saturated heterocycles. The molecule has 4 heteroatoms. The van der Waals surface area contributed by atoms with Gasteiger partial charge in [0.1, 0.15) is 6.54 Å². The lowest BCUT2D eigenvalue weighted by molar-refractivity contribution is -0.135. The maximum Gasteiger partial charge on any atom is 0.323 e. The normalized spacial score (nSPS) is 16.2. The summed E-state index contributed by atoms with van der Waals surface area (Å²) in [5.74, 6) is -0.775. The zero-order chi connectivity index (χ0) is 13.5. The SMILES string of the molecule is O=C(O)CN(CCN1CCCCC1)c1ccccc1. The molecule has 2 rings (SSSR count). The van der Waals surface area contributed by atoms with Crippen molar-refractivity contribution in [3.05, 3.63) is 30.3 Å². The molecular formula is C15H22N2O2. The number of anilines is 1. The van der Waals surface area contributed by atoms with Gasteiger partial charge in [-0.25, -0.2) is 0 Å². The number of carbonyl (C=O) groups is 1. The number of nitrogens with zero attached hydrogens (tertiary/aromatic N) is 2. The molecule has 1 heterocycles. The number of hydrogen-bond acceptors (Lipinski definition) is 3. The molecule has 1 fully saturated rings. The van der Waals surface area contributed by atoms with E-state index in [9.17, 15) is 4.79 Å². The molecule has 0 spiro atoms. The van der Waals surface area contributed by atoms with Crippen LogP contribution in [0.1, 0.15) is 19.3 Å². The maximum atomic E-state index is 11.0. The monoisotopic (exact) mass is 262 g/mol. The molecule has 0 aliphatic carbocycles. The summed E-state index contributed by atoms with van der Waals surface area (Å²) in [5, 5.41) is 9.03. The first-order valence-corrected chi connectivity index (χ1v) is 7.00. The van der Waals surface area contributed by atoms with Gasteiger partial charge in [0.25, 0.3) is 0 Å². The van der Waals surface area contributed by atoms with E-state index in [1.54, 1.807) is 0 Å². The van der Waals surface area contributed by atoms with E-state index in [0.29, 0.717) is 0 Å². The fourth-order valence-electron chi connectivity index (χ4n) is 2.55. The second kappa shape index (κ2) is 7.14. The molecule has 0 radical (unpaired) electrons. The number of piperidine rings is 1. The number of carboxylic acids is 1. The van der Waals surface area contributed by atoms with Gasteiger partial charge in [-0.2, -0.15) is 0 Å². The van der Waals surface area contributed by atoms with Crippen molar-refractivity contribution in [1.29, 1.82) is 0 Å². The van der Waals surface area contributed by atoms with E-state index < -0.39 is 5.97 Å². The van der Waals surface area contributed by atoms with Crippen LogP contribution in [0.3, 0.4) is 0 Å². The smallest absolute Gasteiger partial charge is 0.323 e. The van der Waals surface area contributed by atoms with Crippen LogP contribution >= 0.6 is 0 Å². The zero-order valence-corrected chi connectivity index (χ0v) is 11.3. The van der Waals surface area contributed by atoms with Gasteiger partial charge >= 0.3 is 5.97 Å². The zero-order valence-electron chi connectivity index (χ0n) is 11.3. The van der Waals surface area contributed by atoms with Gasteiger partial charge in [0, 0.05) is 18.8 Å². The Kier molecular flexibility index (Phi) is 5.21. The summed E-state index contributed by atoms with van der Waals surface area (Å²) in [6.45, 7) is 4.09. The predicted molar refractivity (Wildman–Crippen MR) is 76.6 cm³/mol. The van der Waals surface area contributed by atoms with Crippen molar-refractivity contribution in [2.24, 2.45) is 0 Å². The van der Waals surface area contributed by atoms with E-state index in [-0.39, 0.29) is 6.54 Å². The molecule has 1 N–H and O–H groups in total. The van der Waals surface area contributed by atoms with Crippen LogP contribution in [0.25, 0.3) is 0 Å². The highest BCUT2D eigenvalue weighted by Crippen LogP contribution is 2.14. The highest BCUT2D eigenvalue weighted by atomic mass is 16.4. The molecule has 0 unspecified atom stereocenters. The summed E-state index contributed by atoms with van der Waals surface area (Å²) < 4.78 is 0. The number of rotatable bonds is 6. The average Bonchev–Trinajstić information content (AvgIpc) is 2.45. The molecule has 1 aliphatic heterocycles. The van der Waals surface area contributed by atoms with Crippen LogP contribution in [-0.4, -0.2) is 48.7 Å². The molecule has 1 aliphatic rings. The molecule has 0 saturated carbocycles. The summed E-state index contributed by atoms with van der Waals surface area (Å²) >= 11 is 0. The van der Waals surface area contributed by atoms with E-state index in [1.165, 1.54) is 19.3 Å². The van der Waals surface area contributed by atoms with Crippen molar-refractivity contribution in [2.75, 3.05) is 37.6 Å². The molecule has 19 heavy (non-hydrogen) atoms. The van der Waals surface area contributed by atoms with Crippen LogP contribution < -0.4 is 4.90 Å². The van der Waals surface area contributed by atoms with Crippen molar-refractivity contribution in [3.8, 4) is 0 Å².